The van der Waals surface area contributed by atoms with E-state index in [1.54, 1.807) is 7.05 Å². The number of aryl methyl sites for hydroxylation is 1. The molecule has 0 bridgehead atoms. The van der Waals surface area contributed by atoms with Gasteiger partial charge in [0.15, 0.2) is 5.96 Å². The Morgan fingerprint density at radius 3 is 2.68 bits per heavy atom. The van der Waals surface area contributed by atoms with E-state index in [1.807, 2.05) is 55.5 Å². The molecule has 2 N–H and O–H groups in total. The van der Waals surface area contributed by atoms with Crippen LogP contribution in [0.15, 0.2) is 47.6 Å². The lowest BCUT2D eigenvalue weighted by atomic mass is 10.2. The van der Waals surface area contributed by atoms with Crippen LogP contribution in [0, 0.1) is 0 Å². The first-order chi connectivity index (χ1) is 13.6. The van der Waals surface area contributed by atoms with E-state index in [4.69, 9.17) is 0 Å². The van der Waals surface area contributed by atoms with Gasteiger partial charge in [-0.25, -0.2) is 4.79 Å². The molecule has 0 atom stereocenters. The van der Waals surface area contributed by atoms with Gasteiger partial charge in [-0.3, -0.25) is 4.99 Å². The van der Waals surface area contributed by atoms with Crippen molar-refractivity contribution >= 4 is 17.7 Å². The number of guanidine groups is 1. The van der Waals surface area contributed by atoms with Gasteiger partial charge in [0.2, 0.25) is 0 Å². The number of rotatable bonds is 5. The van der Waals surface area contributed by atoms with E-state index in [2.05, 4.69) is 31.2 Å². The van der Waals surface area contributed by atoms with Crippen LogP contribution in [-0.4, -0.2) is 53.5 Å². The molecule has 0 aliphatic carbocycles. The first-order valence-electron chi connectivity index (χ1n) is 9.73. The number of aliphatic imine (C=N–C) groups is 1. The zero-order chi connectivity index (χ0) is 19.9. The Morgan fingerprint density at radius 1 is 1.21 bits per heavy atom. The molecule has 1 saturated heterocycles. The Labute approximate surface area is 167 Å². The number of nitrogens with one attached hydrogen (secondary N) is 2. The van der Waals surface area contributed by atoms with Crippen LogP contribution < -0.4 is 10.6 Å². The molecule has 2 heterocycles. The van der Waals surface area contributed by atoms with E-state index in [-0.39, 0.29) is 6.03 Å². The maximum Gasteiger partial charge on any atom is 0.321 e. The first-order valence-corrected chi connectivity index (χ1v) is 9.73. The molecule has 7 heteroatoms. The Hall–Kier alpha value is -2.96. The summed E-state index contributed by atoms with van der Waals surface area (Å²) in [5.74, 6) is 0.827. The van der Waals surface area contributed by atoms with Crippen LogP contribution in [0.25, 0.3) is 0 Å². The van der Waals surface area contributed by atoms with Crippen molar-refractivity contribution in [1.29, 1.82) is 0 Å². The van der Waals surface area contributed by atoms with Crippen LogP contribution in [0.2, 0.25) is 0 Å². The van der Waals surface area contributed by atoms with E-state index in [0.717, 1.165) is 49.7 Å². The van der Waals surface area contributed by atoms with Gasteiger partial charge in [0, 0.05) is 58.4 Å². The van der Waals surface area contributed by atoms with Gasteiger partial charge >= 0.3 is 6.03 Å². The molecule has 7 nitrogen and oxygen atoms in total. The lowest BCUT2D eigenvalue weighted by Crippen LogP contribution is -2.38. The van der Waals surface area contributed by atoms with E-state index in [1.165, 1.54) is 5.69 Å². The van der Waals surface area contributed by atoms with E-state index in [9.17, 15) is 4.79 Å². The van der Waals surface area contributed by atoms with Gasteiger partial charge in [-0.1, -0.05) is 12.1 Å². The minimum absolute atomic E-state index is 0.0132. The average molecular weight is 383 g/mol. The van der Waals surface area contributed by atoms with Gasteiger partial charge in [0.25, 0.3) is 0 Å². The summed E-state index contributed by atoms with van der Waals surface area (Å²) in [4.78, 5) is 20.6. The van der Waals surface area contributed by atoms with Crippen molar-refractivity contribution in [2.24, 2.45) is 12.0 Å². The number of anilines is 1. The molecular formula is C21H30N6O. The average Bonchev–Trinajstić information content (AvgIpc) is 3.35. The van der Waals surface area contributed by atoms with Crippen molar-refractivity contribution in [2.75, 3.05) is 32.5 Å². The normalized spacial score (nSPS) is 14.2. The highest BCUT2D eigenvalue weighted by Crippen LogP contribution is 2.14. The molecule has 28 heavy (non-hydrogen) atoms. The molecule has 0 unspecified atom stereocenters. The predicted octanol–water partition coefficient (Wildman–Crippen LogP) is 2.86. The SMILES string of the molecule is CN=C(NCc1cccc(NC(=O)N2CCCC2)c1)N(C)Cc1cccn1C. The molecule has 2 amide bonds. The van der Waals surface area contributed by atoms with Gasteiger partial charge in [-0.2, -0.15) is 0 Å². The van der Waals surface area contributed by atoms with Gasteiger partial charge in [0.05, 0.1) is 6.54 Å². The third kappa shape index (κ3) is 5.06. The highest BCUT2D eigenvalue weighted by Gasteiger charge is 2.17. The third-order valence-corrected chi connectivity index (χ3v) is 5.05. The number of amides is 2. The van der Waals surface area contributed by atoms with Crippen molar-refractivity contribution in [2.45, 2.75) is 25.9 Å². The summed E-state index contributed by atoms with van der Waals surface area (Å²) in [7, 11) is 5.85. The number of carbonyl (C=O) groups excluding carboxylic acids is 1. The number of benzene rings is 1. The van der Waals surface area contributed by atoms with Crippen LogP contribution >= 0.6 is 0 Å². The molecule has 0 saturated carbocycles. The molecule has 1 aliphatic rings. The fraction of sp³-hybridized carbons (Fsp3) is 0.429. The zero-order valence-electron chi connectivity index (χ0n) is 17.0. The molecule has 1 fully saturated rings. The van der Waals surface area contributed by atoms with E-state index < -0.39 is 0 Å². The maximum absolute atomic E-state index is 12.3. The van der Waals surface area contributed by atoms with Crippen LogP contribution in [0.1, 0.15) is 24.1 Å². The van der Waals surface area contributed by atoms with Crippen molar-refractivity contribution in [3.05, 3.63) is 53.9 Å². The molecular weight excluding hydrogens is 352 g/mol. The third-order valence-electron chi connectivity index (χ3n) is 5.05. The maximum atomic E-state index is 12.3. The van der Waals surface area contributed by atoms with E-state index >= 15 is 0 Å². The fourth-order valence-electron chi connectivity index (χ4n) is 3.43. The first kappa shape index (κ1) is 19.8. The second kappa shape index (κ2) is 9.30. The summed E-state index contributed by atoms with van der Waals surface area (Å²) in [6.45, 7) is 3.10. The minimum atomic E-state index is -0.0132. The van der Waals surface area contributed by atoms with Gasteiger partial charge in [0.1, 0.15) is 0 Å². The molecule has 2 aromatic rings. The molecule has 1 aliphatic heterocycles. The summed E-state index contributed by atoms with van der Waals surface area (Å²) in [5, 5.41) is 6.40. The van der Waals surface area contributed by atoms with Crippen molar-refractivity contribution in [1.82, 2.24) is 19.7 Å². The molecule has 3 rings (SSSR count). The summed E-state index contributed by atoms with van der Waals surface area (Å²) in [6.07, 6.45) is 4.22. The van der Waals surface area contributed by atoms with Crippen molar-refractivity contribution in [3.8, 4) is 0 Å². The summed E-state index contributed by atoms with van der Waals surface area (Å²) < 4.78 is 2.11. The second-order valence-corrected chi connectivity index (χ2v) is 7.19. The Balaban J connectivity index is 1.55. The summed E-state index contributed by atoms with van der Waals surface area (Å²) in [6, 6.07) is 12.1. The molecule has 150 valence electrons. The molecule has 1 aromatic heterocycles. The predicted molar refractivity (Wildman–Crippen MR) is 113 cm³/mol. The summed E-state index contributed by atoms with van der Waals surface area (Å²) >= 11 is 0. The standard InChI is InChI=1S/C21H30N6O/c1-22-20(26(3)16-19-10-7-11-25(19)2)23-15-17-8-6-9-18(14-17)24-21(28)27-12-4-5-13-27/h6-11,14H,4-5,12-13,15-16H2,1-3H3,(H,22,23)(H,24,28). The van der Waals surface area contributed by atoms with Crippen molar-refractivity contribution in [3.63, 3.8) is 0 Å². The minimum Gasteiger partial charge on any atom is -0.353 e. The smallest absolute Gasteiger partial charge is 0.321 e. The van der Waals surface area contributed by atoms with Gasteiger partial charge in [-0.05, 0) is 42.7 Å². The summed E-state index contributed by atoms with van der Waals surface area (Å²) in [5.41, 5.74) is 3.13. The number of hydrogen-bond donors (Lipinski definition) is 2. The van der Waals surface area contributed by atoms with Crippen LogP contribution in [-0.2, 0) is 20.1 Å². The van der Waals surface area contributed by atoms with Crippen LogP contribution in [0.3, 0.4) is 0 Å². The Morgan fingerprint density at radius 2 is 2.00 bits per heavy atom. The quantitative estimate of drug-likeness (QED) is 0.617. The highest BCUT2D eigenvalue weighted by molar-refractivity contribution is 5.89. The number of aromatic nitrogens is 1. The zero-order valence-corrected chi connectivity index (χ0v) is 17.0. The van der Waals surface area contributed by atoms with Gasteiger partial charge < -0.3 is 25.0 Å². The molecule has 0 radical (unpaired) electrons. The number of likely N-dealkylation sites (tertiary alicyclic amines) is 1. The van der Waals surface area contributed by atoms with Crippen LogP contribution in [0.5, 0.6) is 0 Å². The number of urea groups is 1. The highest BCUT2D eigenvalue weighted by atomic mass is 16.2. The topological polar surface area (TPSA) is 64.9 Å². The molecule has 0 spiro atoms. The Bertz CT molecular complexity index is 822. The molecule has 1 aromatic carbocycles. The largest absolute Gasteiger partial charge is 0.353 e. The van der Waals surface area contributed by atoms with Gasteiger partial charge in [-0.15, -0.1) is 0 Å². The lowest BCUT2D eigenvalue weighted by Gasteiger charge is -2.22. The number of nitrogens with zero attached hydrogens (tertiary/aromatic N) is 4. The number of hydrogen-bond acceptors (Lipinski definition) is 2. The lowest BCUT2D eigenvalue weighted by molar-refractivity contribution is 0.222. The Kier molecular flexibility index (Phi) is 6.57. The van der Waals surface area contributed by atoms with Crippen LogP contribution in [0.4, 0.5) is 10.5 Å². The second-order valence-electron chi connectivity index (χ2n) is 7.19. The monoisotopic (exact) mass is 382 g/mol. The van der Waals surface area contributed by atoms with E-state index in [0.29, 0.717) is 6.54 Å². The number of carbonyl (C=O) groups is 1. The van der Waals surface area contributed by atoms with Crippen molar-refractivity contribution < 1.29 is 4.79 Å². The fourth-order valence-corrected chi connectivity index (χ4v) is 3.43.